The fraction of sp³-hybridized carbons (Fsp3) is 0.174. The van der Waals surface area contributed by atoms with E-state index in [1.165, 1.54) is 15.7 Å². The van der Waals surface area contributed by atoms with Crippen LogP contribution in [0.4, 0.5) is 0 Å². The monoisotopic (exact) mass is 437 g/mol. The maximum absolute atomic E-state index is 13.5. The zero-order valence-electron chi connectivity index (χ0n) is 17.2. The van der Waals surface area contributed by atoms with Gasteiger partial charge in [-0.1, -0.05) is 11.6 Å². The molecule has 158 valence electrons. The summed E-state index contributed by atoms with van der Waals surface area (Å²) in [6, 6.07) is 14.7. The third-order valence-electron chi connectivity index (χ3n) is 5.19. The first kappa shape index (κ1) is 20.7. The molecular weight excluding hydrogens is 418 g/mol. The molecule has 2 heterocycles. The van der Waals surface area contributed by atoms with Crippen LogP contribution in [0.15, 0.2) is 70.1 Å². The molecule has 8 heteroatoms. The third-order valence-corrected chi connectivity index (χ3v) is 5.43. The lowest BCUT2D eigenvalue weighted by molar-refractivity contribution is 0.0702. The van der Waals surface area contributed by atoms with Crippen molar-refractivity contribution >= 4 is 28.4 Å². The van der Waals surface area contributed by atoms with Gasteiger partial charge in [-0.3, -0.25) is 14.2 Å². The predicted molar refractivity (Wildman–Crippen MR) is 118 cm³/mol. The normalized spacial score (nSPS) is 12.0. The maximum atomic E-state index is 13.5. The number of carbonyl (C=O) groups excluding carboxylic acids is 1. The molecule has 2 aromatic heterocycles. The van der Waals surface area contributed by atoms with Crippen LogP contribution in [0.1, 0.15) is 29.3 Å². The van der Waals surface area contributed by atoms with E-state index >= 15 is 0 Å². The smallest absolute Gasteiger partial charge is 0.289 e. The van der Waals surface area contributed by atoms with E-state index in [9.17, 15) is 9.59 Å². The Balaban J connectivity index is 1.91. The Labute approximate surface area is 183 Å². The first-order valence-corrected chi connectivity index (χ1v) is 9.96. The first-order valence-electron chi connectivity index (χ1n) is 9.58. The number of ether oxygens (including phenoxy) is 1. The summed E-state index contributed by atoms with van der Waals surface area (Å²) in [5.41, 5.74) is 0.811. The van der Waals surface area contributed by atoms with Gasteiger partial charge >= 0.3 is 0 Å². The zero-order valence-corrected chi connectivity index (χ0v) is 18.0. The van der Waals surface area contributed by atoms with Crippen LogP contribution in [-0.4, -0.2) is 34.5 Å². The quantitative estimate of drug-likeness (QED) is 0.460. The first-order chi connectivity index (χ1) is 14.9. The number of halogens is 1. The van der Waals surface area contributed by atoms with Gasteiger partial charge in [0.15, 0.2) is 5.76 Å². The number of hydrogen-bond acceptors (Lipinski definition) is 5. The summed E-state index contributed by atoms with van der Waals surface area (Å²) in [4.78, 5) is 32.5. The number of nitrogens with zero attached hydrogens (tertiary/aromatic N) is 3. The highest BCUT2D eigenvalue weighted by atomic mass is 35.5. The van der Waals surface area contributed by atoms with Gasteiger partial charge < -0.3 is 14.1 Å². The van der Waals surface area contributed by atoms with Gasteiger partial charge in [0.25, 0.3) is 11.5 Å². The van der Waals surface area contributed by atoms with Gasteiger partial charge in [0.2, 0.25) is 0 Å². The van der Waals surface area contributed by atoms with Crippen molar-refractivity contribution in [1.29, 1.82) is 0 Å². The summed E-state index contributed by atoms with van der Waals surface area (Å²) in [6.45, 7) is 1.80. The van der Waals surface area contributed by atoms with Gasteiger partial charge in [-0.15, -0.1) is 0 Å². The third kappa shape index (κ3) is 3.80. The minimum Gasteiger partial charge on any atom is -0.497 e. The largest absolute Gasteiger partial charge is 0.497 e. The number of fused-ring (bicyclic) bond motifs is 1. The van der Waals surface area contributed by atoms with Crippen LogP contribution in [0.25, 0.3) is 16.6 Å². The molecule has 1 amide bonds. The van der Waals surface area contributed by atoms with Crippen LogP contribution in [-0.2, 0) is 0 Å². The predicted octanol–water partition coefficient (Wildman–Crippen LogP) is 4.47. The summed E-state index contributed by atoms with van der Waals surface area (Å²) in [5, 5.41) is 0.899. The number of amides is 1. The molecule has 0 bridgehead atoms. The summed E-state index contributed by atoms with van der Waals surface area (Å²) in [6.07, 6.45) is 1.44. The van der Waals surface area contributed by atoms with Gasteiger partial charge in [-0.25, -0.2) is 4.98 Å². The Bertz CT molecular complexity index is 1300. The van der Waals surface area contributed by atoms with Crippen LogP contribution in [0.2, 0.25) is 5.02 Å². The number of aromatic nitrogens is 2. The molecular formula is C23H20ClN3O4. The molecule has 1 atom stereocenters. The number of benzene rings is 2. The lowest BCUT2D eigenvalue weighted by Crippen LogP contribution is -2.34. The lowest BCUT2D eigenvalue weighted by atomic mass is 10.2. The minimum atomic E-state index is -0.546. The van der Waals surface area contributed by atoms with Crippen molar-refractivity contribution < 1.29 is 13.9 Å². The molecule has 4 rings (SSSR count). The van der Waals surface area contributed by atoms with E-state index in [0.717, 1.165) is 0 Å². The van der Waals surface area contributed by atoms with Gasteiger partial charge in [0, 0.05) is 12.1 Å². The van der Waals surface area contributed by atoms with Crippen LogP contribution < -0.4 is 10.3 Å². The van der Waals surface area contributed by atoms with Gasteiger partial charge in [0.05, 0.1) is 36.0 Å². The highest BCUT2D eigenvalue weighted by molar-refractivity contribution is 6.31. The Morgan fingerprint density at radius 3 is 2.58 bits per heavy atom. The molecule has 0 saturated carbocycles. The minimum absolute atomic E-state index is 0.205. The molecule has 0 aliphatic rings. The molecule has 2 aromatic carbocycles. The van der Waals surface area contributed by atoms with Crippen LogP contribution in [0, 0.1) is 0 Å². The fourth-order valence-corrected chi connectivity index (χ4v) is 3.53. The molecule has 0 spiro atoms. The Morgan fingerprint density at radius 1 is 1.19 bits per heavy atom. The SMILES string of the molecule is COc1ccc(-n2c(C(C)N(C)C(=O)c3ccco3)nc3cc(Cl)ccc3c2=O)cc1. The molecule has 0 radical (unpaired) electrons. The molecule has 7 nitrogen and oxygen atoms in total. The highest BCUT2D eigenvalue weighted by Gasteiger charge is 2.26. The Hall–Kier alpha value is -3.58. The molecule has 0 aliphatic heterocycles. The number of methoxy groups -OCH3 is 1. The molecule has 4 aromatic rings. The van der Waals surface area contributed by atoms with Gasteiger partial charge in [-0.05, 0) is 61.5 Å². The van der Waals surface area contributed by atoms with E-state index in [4.69, 9.17) is 25.7 Å². The van der Waals surface area contributed by atoms with Crippen LogP contribution in [0.3, 0.4) is 0 Å². The second-order valence-electron chi connectivity index (χ2n) is 7.04. The number of carbonyl (C=O) groups is 1. The summed E-state index contributed by atoms with van der Waals surface area (Å²) in [5.74, 6) is 0.945. The second-order valence-corrected chi connectivity index (χ2v) is 7.48. The van der Waals surface area contributed by atoms with Crippen molar-refractivity contribution in [3.63, 3.8) is 0 Å². The number of furan rings is 1. The Kier molecular flexibility index (Phi) is 5.52. The molecule has 0 saturated heterocycles. The van der Waals surface area contributed by atoms with E-state index in [-0.39, 0.29) is 17.2 Å². The van der Waals surface area contributed by atoms with Gasteiger partial charge in [0.1, 0.15) is 11.6 Å². The van der Waals surface area contributed by atoms with Crippen LogP contribution >= 0.6 is 11.6 Å². The average Bonchev–Trinajstić information content (AvgIpc) is 3.32. The van der Waals surface area contributed by atoms with E-state index in [2.05, 4.69) is 0 Å². The molecule has 1 unspecified atom stereocenters. The molecule has 0 N–H and O–H groups in total. The second kappa shape index (κ2) is 8.28. The van der Waals surface area contributed by atoms with E-state index < -0.39 is 6.04 Å². The summed E-state index contributed by atoms with van der Waals surface area (Å²) in [7, 11) is 3.22. The lowest BCUT2D eigenvalue weighted by Gasteiger charge is -2.26. The standard InChI is InChI=1S/C23H20ClN3O4/c1-14(26(2)23(29)20-5-4-12-31-20)21-25-19-13-15(24)6-11-18(19)22(28)27(21)16-7-9-17(30-3)10-8-16/h4-14H,1-3H3. The van der Waals surface area contributed by atoms with Gasteiger partial charge in [-0.2, -0.15) is 0 Å². The average molecular weight is 438 g/mol. The zero-order chi connectivity index (χ0) is 22.1. The van der Waals surface area contributed by atoms with Crippen molar-refractivity contribution in [2.24, 2.45) is 0 Å². The summed E-state index contributed by atoms with van der Waals surface area (Å²) < 4.78 is 12.0. The van der Waals surface area contributed by atoms with Crippen molar-refractivity contribution in [1.82, 2.24) is 14.5 Å². The highest BCUT2D eigenvalue weighted by Crippen LogP contribution is 2.25. The van der Waals surface area contributed by atoms with Crippen molar-refractivity contribution in [2.45, 2.75) is 13.0 Å². The Morgan fingerprint density at radius 2 is 1.94 bits per heavy atom. The van der Waals surface area contributed by atoms with E-state index in [1.807, 2.05) is 0 Å². The van der Waals surface area contributed by atoms with E-state index in [0.29, 0.717) is 33.2 Å². The number of rotatable bonds is 5. The topological polar surface area (TPSA) is 77.6 Å². The molecule has 31 heavy (non-hydrogen) atoms. The number of hydrogen-bond donors (Lipinski definition) is 0. The van der Waals surface area contributed by atoms with Crippen molar-refractivity contribution in [2.75, 3.05) is 14.2 Å². The van der Waals surface area contributed by atoms with Crippen molar-refractivity contribution in [3.05, 3.63) is 87.8 Å². The maximum Gasteiger partial charge on any atom is 0.289 e. The molecule has 0 fully saturated rings. The molecule has 0 aliphatic carbocycles. The van der Waals surface area contributed by atoms with Crippen LogP contribution in [0.5, 0.6) is 5.75 Å². The van der Waals surface area contributed by atoms with E-state index in [1.54, 1.807) is 75.7 Å². The fourth-order valence-electron chi connectivity index (χ4n) is 3.36. The summed E-state index contributed by atoms with van der Waals surface area (Å²) >= 11 is 6.13. The van der Waals surface area contributed by atoms with Crippen molar-refractivity contribution in [3.8, 4) is 11.4 Å².